The fraction of sp³-hybridized carbons (Fsp3) is 0.667. The van der Waals surface area contributed by atoms with Crippen LogP contribution in [0.5, 0.6) is 0 Å². The van der Waals surface area contributed by atoms with E-state index >= 15 is 0 Å². The summed E-state index contributed by atoms with van der Waals surface area (Å²) in [4.78, 5) is 22.6. The van der Waals surface area contributed by atoms with Gasteiger partial charge in [0.15, 0.2) is 0 Å². The van der Waals surface area contributed by atoms with Crippen molar-refractivity contribution in [2.24, 2.45) is 0 Å². The van der Waals surface area contributed by atoms with Crippen molar-refractivity contribution in [2.75, 3.05) is 0 Å². The minimum atomic E-state index is -1.05. The van der Waals surface area contributed by atoms with Crippen LogP contribution in [0.15, 0.2) is 11.1 Å². The summed E-state index contributed by atoms with van der Waals surface area (Å²) in [6.45, 7) is 2.97. The summed E-state index contributed by atoms with van der Waals surface area (Å²) in [6.07, 6.45) is 3.28. The fourth-order valence-electron chi connectivity index (χ4n) is 2.40. The van der Waals surface area contributed by atoms with Crippen LogP contribution in [0.1, 0.15) is 33.1 Å². The maximum atomic E-state index is 11.8. The first-order chi connectivity index (χ1) is 7.99. The molecule has 0 saturated carbocycles. The quantitative estimate of drug-likeness (QED) is 0.716. The molecule has 2 aliphatic rings. The van der Waals surface area contributed by atoms with Crippen LogP contribution in [-0.4, -0.2) is 35.2 Å². The van der Waals surface area contributed by atoms with Gasteiger partial charge in [0.05, 0.1) is 18.2 Å². The molecule has 3 atom stereocenters. The van der Waals surface area contributed by atoms with Gasteiger partial charge in [-0.15, -0.1) is 0 Å². The molecule has 0 spiro atoms. The van der Waals surface area contributed by atoms with Crippen LogP contribution in [0.25, 0.3) is 0 Å². The summed E-state index contributed by atoms with van der Waals surface area (Å²) >= 11 is 0. The highest BCUT2D eigenvalue weighted by molar-refractivity contribution is 6.01. The molecular weight excluding hydrogens is 222 g/mol. The van der Waals surface area contributed by atoms with Crippen molar-refractivity contribution in [3.8, 4) is 0 Å². The lowest BCUT2D eigenvalue weighted by Crippen LogP contribution is -2.42. The topological polar surface area (TPSA) is 75.6 Å². The zero-order valence-corrected chi connectivity index (χ0v) is 10.0. The van der Waals surface area contributed by atoms with Crippen LogP contribution < -0.4 is 5.32 Å². The van der Waals surface area contributed by atoms with E-state index in [1.54, 1.807) is 0 Å². The largest absolute Gasteiger partial charge is 0.478 e. The third kappa shape index (κ3) is 2.34. The first-order valence-electron chi connectivity index (χ1n) is 5.86. The molecule has 2 aliphatic heterocycles. The highest BCUT2D eigenvalue weighted by Crippen LogP contribution is 2.34. The summed E-state index contributed by atoms with van der Waals surface area (Å²) in [5.74, 6) is -1.35. The molecule has 0 aromatic rings. The van der Waals surface area contributed by atoms with Crippen molar-refractivity contribution >= 4 is 11.9 Å². The minimum absolute atomic E-state index is 0.0396. The Hall–Kier alpha value is -1.36. The number of aliphatic carboxylic acids is 1. The van der Waals surface area contributed by atoms with Gasteiger partial charge in [-0.05, 0) is 33.1 Å². The molecule has 2 rings (SSSR count). The number of amides is 1. The number of hydrogen-bond donors (Lipinski definition) is 2. The summed E-state index contributed by atoms with van der Waals surface area (Å²) in [5, 5.41) is 11.7. The molecule has 2 saturated heterocycles. The summed E-state index contributed by atoms with van der Waals surface area (Å²) in [7, 11) is 0. The lowest BCUT2D eigenvalue weighted by atomic mass is 9.95. The van der Waals surface area contributed by atoms with E-state index in [-0.39, 0.29) is 35.3 Å². The van der Waals surface area contributed by atoms with Gasteiger partial charge in [0.25, 0.3) is 0 Å². The molecule has 2 bridgehead atoms. The van der Waals surface area contributed by atoms with Crippen LogP contribution >= 0.6 is 0 Å². The number of carbonyl (C=O) groups excluding carboxylic acids is 1. The van der Waals surface area contributed by atoms with Crippen molar-refractivity contribution < 1.29 is 19.4 Å². The molecule has 2 heterocycles. The Morgan fingerprint density at radius 1 is 1.24 bits per heavy atom. The van der Waals surface area contributed by atoms with E-state index in [9.17, 15) is 9.59 Å². The summed E-state index contributed by atoms with van der Waals surface area (Å²) in [6, 6.07) is 0.0396. The maximum absolute atomic E-state index is 11.8. The summed E-state index contributed by atoms with van der Waals surface area (Å²) < 4.78 is 5.63. The average Bonchev–Trinajstić information content (AvgIpc) is 2.88. The summed E-state index contributed by atoms with van der Waals surface area (Å²) in [5.41, 5.74) is 0.354. The molecule has 5 nitrogen and oxygen atoms in total. The van der Waals surface area contributed by atoms with Gasteiger partial charge in [-0.3, -0.25) is 4.79 Å². The van der Waals surface area contributed by atoms with E-state index in [1.165, 1.54) is 13.8 Å². The number of carboxylic acid groups (broad SMARTS) is 1. The van der Waals surface area contributed by atoms with E-state index in [1.807, 2.05) is 0 Å². The highest BCUT2D eigenvalue weighted by atomic mass is 16.5. The molecule has 0 radical (unpaired) electrons. The van der Waals surface area contributed by atoms with Gasteiger partial charge in [0.2, 0.25) is 5.91 Å². The molecule has 0 aliphatic carbocycles. The SMILES string of the molecule is CC(C(=O)O)=C(C)C(=O)NC1CC2CCC1O2. The fourth-order valence-corrected chi connectivity index (χ4v) is 2.40. The molecule has 0 aromatic heterocycles. The molecule has 0 aromatic carbocycles. The van der Waals surface area contributed by atoms with Crippen LogP contribution in [0.3, 0.4) is 0 Å². The number of fused-ring (bicyclic) bond motifs is 2. The van der Waals surface area contributed by atoms with E-state index in [0.29, 0.717) is 0 Å². The monoisotopic (exact) mass is 239 g/mol. The Morgan fingerprint density at radius 2 is 1.94 bits per heavy atom. The lowest BCUT2D eigenvalue weighted by Gasteiger charge is -2.20. The molecule has 2 fully saturated rings. The van der Waals surface area contributed by atoms with Crippen molar-refractivity contribution in [3.05, 3.63) is 11.1 Å². The minimum Gasteiger partial charge on any atom is -0.478 e. The first-order valence-corrected chi connectivity index (χ1v) is 5.86. The molecule has 1 amide bonds. The molecule has 5 heteroatoms. The van der Waals surface area contributed by atoms with Gasteiger partial charge in [0.1, 0.15) is 0 Å². The molecule has 2 N–H and O–H groups in total. The third-order valence-corrected chi connectivity index (χ3v) is 3.65. The molecule has 3 unspecified atom stereocenters. The Labute approximate surface area is 99.8 Å². The number of rotatable bonds is 3. The highest BCUT2D eigenvalue weighted by Gasteiger charge is 2.41. The van der Waals surface area contributed by atoms with Gasteiger partial charge in [-0.25, -0.2) is 4.79 Å². The Bertz CT molecular complexity index is 388. The number of ether oxygens (including phenoxy) is 1. The zero-order chi connectivity index (χ0) is 12.6. The molecular formula is C12H17NO4. The van der Waals surface area contributed by atoms with E-state index in [0.717, 1.165) is 19.3 Å². The van der Waals surface area contributed by atoms with E-state index in [2.05, 4.69) is 5.32 Å². The van der Waals surface area contributed by atoms with Crippen molar-refractivity contribution in [1.29, 1.82) is 0 Å². The Balaban J connectivity index is 1.98. The normalized spacial score (nSPS) is 32.2. The van der Waals surface area contributed by atoms with Gasteiger partial charge >= 0.3 is 5.97 Å². The lowest BCUT2D eigenvalue weighted by molar-refractivity contribution is -0.133. The number of hydrogen-bond acceptors (Lipinski definition) is 3. The second kappa shape index (κ2) is 4.49. The Morgan fingerprint density at radius 3 is 2.41 bits per heavy atom. The predicted molar refractivity (Wildman–Crippen MR) is 60.5 cm³/mol. The Kier molecular flexibility index (Phi) is 3.19. The van der Waals surface area contributed by atoms with Crippen LogP contribution in [0.4, 0.5) is 0 Å². The van der Waals surface area contributed by atoms with Crippen molar-refractivity contribution in [1.82, 2.24) is 5.32 Å². The van der Waals surface area contributed by atoms with Gasteiger partial charge in [0, 0.05) is 11.1 Å². The third-order valence-electron chi connectivity index (χ3n) is 3.65. The van der Waals surface area contributed by atoms with Crippen LogP contribution in [-0.2, 0) is 14.3 Å². The number of carboxylic acids is 1. The second-order valence-corrected chi connectivity index (χ2v) is 4.74. The van der Waals surface area contributed by atoms with Gasteiger partial charge in [-0.1, -0.05) is 0 Å². The number of nitrogens with one attached hydrogen (secondary N) is 1. The second-order valence-electron chi connectivity index (χ2n) is 4.74. The van der Waals surface area contributed by atoms with Crippen molar-refractivity contribution in [2.45, 2.75) is 51.4 Å². The average molecular weight is 239 g/mol. The number of carbonyl (C=O) groups is 2. The van der Waals surface area contributed by atoms with E-state index in [4.69, 9.17) is 9.84 Å². The van der Waals surface area contributed by atoms with Crippen LogP contribution in [0, 0.1) is 0 Å². The zero-order valence-electron chi connectivity index (χ0n) is 10.0. The standard InChI is InChI=1S/C12H17NO4/c1-6(7(2)12(15)16)11(14)13-9-5-8-3-4-10(9)17-8/h8-10H,3-5H2,1-2H3,(H,13,14)(H,15,16). The first kappa shape index (κ1) is 12.1. The molecule has 94 valence electrons. The maximum Gasteiger partial charge on any atom is 0.331 e. The van der Waals surface area contributed by atoms with Gasteiger partial charge in [-0.2, -0.15) is 0 Å². The smallest absolute Gasteiger partial charge is 0.331 e. The predicted octanol–water partition coefficient (Wildman–Crippen LogP) is 0.843. The van der Waals surface area contributed by atoms with Crippen molar-refractivity contribution in [3.63, 3.8) is 0 Å². The van der Waals surface area contributed by atoms with Gasteiger partial charge < -0.3 is 15.2 Å². The van der Waals surface area contributed by atoms with E-state index < -0.39 is 5.97 Å². The molecule has 17 heavy (non-hydrogen) atoms. The van der Waals surface area contributed by atoms with Crippen LogP contribution in [0.2, 0.25) is 0 Å².